The van der Waals surface area contributed by atoms with Crippen molar-refractivity contribution in [3.8, 4) is 0 Å². The third-order valence-electron chi connectivity index (χ3n) is 11.6. The first kappa shape index (κ1) is 59.4. The Morgan fingerprint density at radius 3 is 0.952 bits per heavy atom. The Balaban J connectivity index is 4.36. The van der Waals surface area contributed by atoms with Crippen LogP contribution in [0.25, 0.3) is 0 Å². The van der Waals surface area contributed by atoms with Crippen LogP contribution in [0.15, 0.2) is 48.6 Å². The molecule has 0 saturated carbocycles. The van der Waals surface area contributed by atoms with E-state index in [1.165, 1.54) is 148 Å². The second-order valence-electron chi connectivity index (χ2n) is 17.8. The summed E-state index contributed by atoms with van der Waals surface area (Å²) in [6.45, 7) is 6.58. The standard InChI is InChI=1S/C56H100O6/c1-4-7-10-13-16-19-22-25-26-27-28-29-30-32-34-37-40-43-46-49-55(58)61-52-53(51-60-54(57)48-45-42-39-36-33-24-21-18-15-12-9-6-3)62-56(59)50-47-44-41-38-35-31-23-20-17-14-11-8-5-2/h16,18-19,21,25-26,28-29,53H,4-15,17,20,22-24,27,30-52H2,1-3H3/b19-16-,21-18-,26-25-,29-28-/t53-/m1/s1. The zero-order chi connectivity index (χ0) is 45.1. The van der Waals surface area contributed by atoms with E-state index in [0.29, 0.717) is 19.3 Å². The Hall–Kier alpha value is -2.63. The Morgan fingerprint density at radius 1 is 0.323 bits per heavy atom. The second kappa shape index (κ2) is 51.0. The predicted octanol–water partition coefficient (Wildman–Crippen LogP) is 17.5. The third kappa shape index (κ3) is 48.4. The first-order valence-corrected chi connectivity index (χ1v) is 26.6. The molecule has 0 spiro atoms. The van der Waals surface area contributed by atoms with Gasteiger partial charge in [0.2, 0.25) is 0 Å². The average Bonchev–Trinajstić information content (AvgIpc) is 3.27. The molecule has 0 aromatic heterocycles. The van der Waals surface area contributed by atoms with Crippen molar-refractivity contribution < 1.29 is 28.6 Å². The SMILES string of the molecule is CCCCC/C=C\C/C=C\C/C=C\CCCCCCCCC(=O)OC[C@@H](COC(=O)CCCCCCC/C=C\CCCCC)OC(=O)CCCCCCCCCCCCCCC. The van der Waals surface area contributed by atoms with Gasteiger partial charge in [-0.25, -0.2) is 0 Å². The molecule has 0 amide bonds. The Bertz CT molecular complexity index is 1090. The van der Waals surface area contributed by atoms with Crippen LogP contribution in [0, 0.1) is 0 Å². The highest BCUT2D eigenvalue weighted by atomic mass is 16.6. The van der Waals surface area contributed by atoms with E-state index in [-0.39, 0.29) is 31.1 Å². The normalized spacial score (nSPS) is 12.4. The summed E-state index contributed by atoms with van der Waals surface area (Å²) < 4.78 is 16.8. The highest BCUT2D eigenvalue weighted by molar-refractivity contribution is 5.71. The molecule has 62 heavy (non-hydrogen) atoms. The van der Waals surface area contributed by atoms with E-state index in [1.807, 2.05) is 0 Å². The fourth-order valence-electron chi connectivity index (χ4n) is 7.50. The van der Waals surface area contributed by atoms with Crippen LogP contribution in [0.1, 0.15) is 271 Å². The number of hydrogen-bond acceptors (Lipinski definition) is 6. The van der Waals surface area contributed by atoms with Crippen molar-refractivity contribution in [2.24, 2.45) is 0 Å². The van der Waals surface area contributed by atoms with E-state index < -0.39 is 6.10 Å². The zero-order valence-corrected chi connectivity index (χ0v) is 41.1. The van der Waals surface area contributed by atoms with Crippen molar-refractivity contribution in [3.05, 3.63) is 48.6 Å². The summed E-state index contributed by atoms with van der Waals surface area (Å²) in [5, 5.41) is 0. The molecule has 0 N–H and O–H groups in total. The molecule has 0 aliphatic rings. The van der Waals surface area contributed by atoms with Gasteiger partial charge in [0.05, 0.1) is 0 Å². The van der Waals surface area contributed by atoms with Crippen LogP contribution >= 0.6 is 0 Å². The van der Waals surface area contributed by atoms with Gasteiger partial charge in [-0.1, -0.05) is 217 Å². The highest BCUT2D eigenvalue weighted by Crippen LogP contribution is 2.15. The fourth-order valence-corrected chi connectivity index (χ4v) is 7.50. The number of ether oxygens (including phenoxy) is 3. The monoisotopic (exact) mass is 869 g/mol. The number of rotatable bonds is 48. The van der Waals surface area contributed by atoms with Crippen molar-refractivity contribution in [2.45, 2.75) is 277 Å². The molecule has 0 rings (SSSR count). The summed E-state index contributed by atoms with van der Waals surface area (Å²) in [6, 6.07) is 0. The molecule has 0 aromatic carbocycles. The van der Waals surface area contributed by atoms with Gasteiger partial charge in [0.25, 0.3) is 0 Å². The molecule has 1 atom stereocenters. The molecular weight excluding hydrogens is 769 g/mol. The third-order valence-corrected chi connectivity index (χ3v) is 11.6. The van der Waals surface area contributed by atoms with Gasteiger partial charge in [0.15, 0.2) is 6.10 Å². The molecule has 0 radical (unpaired) electrons. The maximum Gasteiger partial charge on any atom is 0.306 e. The molecular formula is C56H100O6. The molecule has 0 aliphatic carbocycles. The highest BCUT2D eigenvalue weighted by Gasteiger charge is 2.19. The number of carbonyl (C=O) groups is 3. The molecule has 0 heterocycles. The Kier molecular flexibility index (Phi) is 48.8. The summed E-state index contributed by atoms with van der Waals surface area (Å²) in [4.78, 5) is 38.0. The minimum atomic E-state index is -0.778. The number of allylic oxidation sites excluding steroid dienone is 8. The van der Waals surface area contributed by atoms with E-state index in [0.717, 1.165) is 83.5 Å². The first-order chi connectivity index (χ1) is 30.5. The topological polar surface area (TPSA) is 78.9 Å². The van der Waals surface area contributed by atoms with Crippen LogP contribution in [0.4, 0.5) is 0 Å². The largest absolute Gasteiger partial charge is 0.462 e. The summed E-state index contributed by atoms with van der Waals surface area (Å²) in [6.07, 6.45) is 60.9. The number of carbonyl (C=O) groups excluding carboxylic acids is 3. The lowest BCUT2D eigenvalue weighted by Gasteiger charge is -2.18. The van der Waals surface area contributed by atoms with Crippen molar-refractivity contribution in [1.82, 2.24) is 0 Å². The van der Waals surface area contributed by atoms with Crippen LogP contribution in [0.5, 0.6) is 0 Å². The minimum Gasteiger partial charge on any atom is -0.462 e. The van der Waals surface area contributed by atoms with Gasteiger partial charge in [-0.15, -0.1) is 0 Å². The van der Waals surface area contributed by atoms with E-state index in [9.17, 15) is 14.4 Å². The van der Waals surface area contributed by atoms with E-state index in [2.05, 4.69) is 69.4 Å². The Morgan fingerprint density at radius 2 is 0.581 bits per heavy atom. The van der Waals surface area contributed by atoms with Crippen LogP contribution < -0.4 is 0 Å². The maximum absolute atomic E-state index is 12.8. The quantitative estimate of drug-likeness (QED) is 0.0262. The van der Waals surface area contributed by atoms with Crippen molar-refractivity contribution >= 4 is 17.9 Å². The van der Waals surface area contributed by atoms with Gasteiger partial charge >= 0.3 is 17.9 Å². The van der Waals surface area contributed by atoms with Crippen LogP contribution in [-0.4, -0.2) is 37.2 Å². The van der Waals surface area contributed by atoms with Gasteiger partial charge in [0.1, 0.15) is 13.2 Å². The van der Waals surface area contributed by atoms with E-state index in [1.54, 1.807) is 0 Å². The molecule has 0 saturated heterocycles. The average molecular weight is 869 g/mol. The molecule has 360 valence electrons. The lowest BCUT2D eigenvalue weighted by molar-refractivity contribution is -0.167. The maximum atomic E-state index is 12.8. The molecule has 6 heteroatoms. The number of unbranched alkanes of at least 4 members (excludes halogenated alkanes) is 29. The van der Waals surface area contributed by atoms with Crippen molar-refractivity contribution in [2.75, 3.05) is 13.2 Å². The van der Waals surface area contributed by atoms with Gasteiger partial charge < -0.3 is 14.2 Å². The summed E-state index contributed by atoms with van der Waals surface area (Å²) >= 11 is 0. The predicted molar refractivity (Wildman–Crippen MR) is 265 cm³/mol. The van der Waals surface area contributed by atoms with Crippen LogP contribution in [0.2, 0.25) is 0 Å². The van der Waals surface area contributed by atoms with E-state index >= 15 is 0 Å². The lowest BCUT2D eigenvalue weighted by atomic mass is 10.0. The smallest absolute Gasteiger partial charge is 0.306 e. The Labute approximate surface area is 384 Å². The minimum absolute atomic E-state index is 0.0796. The molecule has 0 bridgehead atoms. The van der Waals surface area contributed by atoms with Gasteiger partial charge in [-0.05, 0) is 83.5 Å². The van der Waals surface area contributed by atoms with Gasteiger partial charge in [0, 0.05) is 19.3 Å². The molecule has 0 aromatic rings. The summed E-state index contributed by atoms with van der Waals surface area (Å²) in [7, 11) is 0. The van der Waals surface area contributed by atoms with Crippen LogP contribution in [-0.2, 0) is 28.6 Å². The van der Waals surface area contributed by atoms with Crippen molar-refractivity contribution in [3.63, 3.8) is 0 Å². The molecule has 6 nitrogen and oxygen atoms in total. The van der Waals surface area contributed by atoms with E-state index in [4.69, 9.17) is 14.2 Å². The number of esters is 3. The summed E-state index contributed by atoms with van der Waals surface area (Å²) in [5.41, 5.74) is 0. The van der Waals surface area contributed by atoms with Gasteiger partial charge in [-0.2, -0.15) is 0 Å². The second-order valence-corrected chi connectivity index (χ2v) is 17.8. The molecule has 0 fully saturated rings. The first-order valence-electron chi connectivity index (χ1n) is 26.6. The van der Waals surface area contributed by atoms with Crippen molar-refractivity contribution in [1.29, 1.82) is 0 Å². The van der Waals surface area contributed by atoms with Crippen LogP contribution in [0.3, 0.4) is 0 Å². The molecule has 0 unspecified atom stereocenters. The molecule has 0 aliphatic heterocycles. The zero-order valence-electron chi connectivity index (χ0n) is 41.1. The summed E-state index contributed by atoms with van der Waals surface area (Å²) in [5.74, 6) is -0.892. The lowest BCUT2D eigenvalue weighted by Crippen LogP contribution is -2.30. The van der Waals surface area contributed by atoms with Gasteiger partial charge in [-0.3, -0.25) is 14.4 Å². The fraction of sp³-hybridized carbons (Fsp3) is 0.804. The number of hydrogen-bond donors (Lipinski definition) is 0.